The van der Waals surface area contributed by atoms with Crippen LogP contribution in [0.15, 0.2) is 39.0 Å². The van der Waals surface area contributed by atoms with E-state index >= 15 is 0 Å². The van der Waals surface area contributed by atoms with Gasteiger partial charge in [0.2, 0.25) is 5.91 Å². The maximum atomic E-state index is 11.8. The molecule has 0 heterocycles. The minimum Gasteiger partial charge on any atom is -0.495 e. The molecule has 0 aliphatic heterocycles. The molecule has 0 fully saturated rings. The second-order valence-corrected chi connectivity index (χ2v) is 8.30. The number of ether oxygens (including phenoxy) is 1. The number of nitro groups is 2. The van der Waals surface area contributed by atoms with E-state index in [1.807, 2.05) is 6.92 Å². The number of azo groups is 1. The molecule has 2 aromatic rings. The number of anilines is 2. The number of rotatable bonds is 11. The summed E-state index contributed by atoms with van der Waals surface area (Å²) in [5.41, 5.74) is -0.150. The number of benzene rings is 2. The molecule has 0 aromatic heterocycles. The molecule has 2 rings (SSSR count). The third kappa shape index (κ3) is 6.94. The Bertz CT molecular complexity index is 1120. The predicted molar refractivity (Wildman–Crippen MR) is 132 cm³/mol. The zero-order chi connectivity index (χ0) is 25.4. The molecule has 2 aromatic carbocycles. The van der Waals surface area contributed by atoms with Gasteiger partial charge in [0.25, 0.3) is 5.69 Å². The number of unbranched alkanes of at least 4 members (excludes halogenated alkanes) is 1. The lowest BCUT2D eigenvalue weighted by molar-refractivity contribution is -0.393. The molecule has 182 valence electrons. The van der Waals surface area contributed by atoms with Gasteiger partial charge in [-0.05, 0) is 35.3 Å². The molecule has 0 aliphatic rings. The maximum Gasteiger partial charge on any atom is 0.304 e. The molecule has 1 amide bonds. The van der Waals surface area contributed by atoms with Crippen molar-refractivity contribution in [1.29, 1.82) is 0 Å². The van der Waals surface area contributed by atoms with Gasteiger partial charge in [-0.1, -0.05) is 19.8 Å². The van der Waals surface area contributed by atoms with Crippen molar-refractivity contribution in [3.05, 3.63) is 49.0 Å². The Balaban J connectivity index is 2.55. The number of nitrogens with zero attached hydrogens (tertiary/aromatic N) is 4. The molecule has 1 atom stereocenters. The fourth-order valence-electron chi connectivity index (χ4n) is 3.09. The van der Waals surface area contributed by atoms with Gasteiger partial charge in [0.1, 0.15) is 11.4 Å². The van der Waals surface area contributed by atoms with E-state index in [0.717, 1.165) is 31.4 Å². The van der Waals surface area contributed by atoms with Crippen LogP contribution in [0.5, 0.6) is 5.75 Å². The minimum absolute atomic E-state index is 0.0215. The SMILES string of the molecule is CCCC[C@@H](C)Nc1cc(NC(C)=O)c(N=Nc2c(Br)cc([N+](=O)[O-])cc2[N+](=O)[O-])cc1OC. The molecule has 0 bridgehead atoms. The third-order valence-electron chi connectivity index (χ3n) is 4.71. The Labute approximate surface area is 204 Å². The molecule has 34 heavy (non-hydrogen) atoms. The van der Waals surface area contributed by atoms with Crippen molar-refractivity contribution >= 4 is 56.0 Å². The summed E-state index contributed by atoms with van der Waals surface area (Å²) in [6.07, 6.45) is 3.04. The van der Waals surface area contributed by atoms with Gasteiger partial charge >= 0.3 is 5.69 Å². The van der Waals surface area contributed by atoms with E-state index in [4.69, 9.17) is 4.74 Å². The molecular weight excluding hydrogens is 512 g/mol. The van der Waals surface area contributed by atoms with Crippen molar-refractivity contribution in [2.24, 2.45) is 10.2 Å². The number of hydrogen-bond acceptors (Lipinski definition) is 9. The fourth-order valence-corrected chi connectivity index (χ4v) is 3.61. The summed E-state index contributed by atoms with van der Waals surface area (Å²) >= 11 is 3.09. The average molecular weight is 537 g/mol. The first kappa shape index (κ1) is 26.6. The van der Waals surface area contributed by atoms with Crippen LogP contribution < -0.4 is 15.4 Å². The van der Waals surface area contributed by atoms with Crippen molar-refractivity contribution in [2.75, 3.05) is 17.7 Å². The lowest BCUT2D eigenvalue weighted by Gasteiger charge is -2.19. The topological polar surface area (TPSA) is 161 Å². The maximum absolute atomic E-state index is 11.8. The molecule has 0 unspecified atom stereocenters. The van der Waals surface area contributed by atoms with E-state index in [9.17, 15) is 25.0 Å². The summed E-state index contributed by atoms with van der Waals surface area (Å²) in [7, 11) is 1.48. The Hall–Kier alpha value is -3.61. The smallest absolute Gasteiger partial charge is 0.304 e. The monoisotopic (exact) mass is 536 g/mol. The minimum atomic E-state index is -0.786. The van der Waals surface area contributed by atoms with Crippen LogP contribution in [0.4, 0.5) is 34.1 Å². The Kier molecular flexibility index (Phi) is 9.42. The van der Waals surface area contributed by atoms with Crippen LogP contribution >= 0.6 is 15.9 Å². The van der Waals surface area contributed by atoms with E-state index in [1.165, 1.54) is 20.1 Å². The molecule has 0 radical (unpaired) electrons. The summed E-state index contributed by atoms with van der Waals surface area (Å²) < 4.78 is 5.48. The van der Waals surface area contributed by atoms with Crippen molar-refractivity contribution in [2.45, 2.75) is 46.1 Å². The van der Waals surface area contributed by atoms with E-state index in [0.29, 0.717) is 17.1 Å². The molecule has 12 nitrogen and oxygen atoms in total. The first-order valence-electron chi connectivity index (χ1n) is 10.4. The summed E-state index contributed by atoms with van der Waals surface area (Å²) in [6, 6.07) is 5.23. The normalized spacial score (nSPS) is 11.8. The number of carbonyl (C=O) groups is 1. The Morgan fingerprint density at radius 2 is 1.85 bits per heavy atom. The van der Waals surface area contributed by atoms with Crippen LogP contribution in [-0.4, -0.2) is 28.9 Å². The van der Waals surface area contributed by atoms with Crippen molar-refractivity contribution in [1.82, 2.24) is 0 Å². The number of nitro benzene ring substituents is 2. The number of methoxy groups -OCH3 is 1. The summed E-state index contributed by atoms with van der Waals surface area (Å²) in [5.74, 6) is 0.0813. The Morgan fingerprint density at radius 1 is 1.15 bits per heavy atom. The van der Waals surface area contributed by atoms with E-state index < -0.39 is 21.2 Å². The highest BCUT2D eigenvalue weighted by Crippen LogP contribution is 2.42. The zero-order valence-electron chi connectivity index (χ0n) is 19.1. The second kappa shape index (κ2) is 12.0. The van der Waals surface area contributed by atoms with Crippen molar-refractivity contribution in [3.8, 4) is 5.75 Å². The van der Waals surface area contributed by atoms with Gasteiger partial charge in [0.05, 0.1) is 38.9 Å². The van der Waals surface area contributed by atoms with E-state index in [-0.39, 0.29) is 27.8 Å². The summed E-state index contributed by atoms with van der Waals surface area (Å²) in [4.78, 5) is 32.8. The molecule has 2 N–H and O–H groups in total. The number of carbonyl (C=O) groups excluding carboxylic acids is 1. The van der Waals surface area contributed by atoms with E-state index in [1.54, 1.807) is 6.07 Å². The first-order chi connectivity index (χ1) is 16.1. The van der Waals surface area contributed by atoms with Gasteiger partial charge < -0.3 is 15.4 Å². The second-order valence-electron chi connectivity index (χ2n) is 7.45. The van der Waals surface area contributed by atoms with Crippen LogP contribution in [0.2, 0.25) is 0 Å². The van der Waals surface area contributed by atoms with Crippen LogP contribution in [0.25, 0.3) is 0 Å². The molecular formula is C21H25BrN6O6. The van der Waals surface area contributed by atoms with Crippen LogP contribution in [0.3, 0.4) is 0 Å². The largest absolute Gasteiger partial charge is 0.495 e. The molecule has 0 aliphatic carbocycles. The van der Waals surface area contributed by atoms with Crippen LogP contribution in [-0.2, 0) is 4.79 Å². The average Bonchev–Trinajstić information content (AvgIpc) is 2.76. The number of halogens is 1. The van der Waals surface area contributed by atoms with Crippen molar-refractivity contribution < 1.29 is 19.4 Å². The lowest BCUT2D eigenvalue weighted by atomic mass is 10.1. The van der Waals surface area contributed by atoms with Gasteiger partial charge in [-0.15, -0.1) is 10.2 Å². The third-order valence-corrected chi connectivity index (χ3v) is 5.32. The lowest BCUT2D eigenvalue weighted by Crippen LogP contribution is -2.16. The zero-order valence-corrected chi connectivity index (χ0v) is 20.7. The fraction of sp³-hybridized carbons (Fsp3) is 0.381. The van der Waals surface area contributed by atoms with Crippen LogP contribution in [0.1, 0.15) is 40.0 Å². The predicted octanol–water partition coefficient (Wildman–Crippen LogP) is 6.64. The standard InChI is InChI=1S/C21H25BrN6O6/c1-5-6-7-12(2)23-18-10-16(24-13(3)29)17(11-20(18)34-4)25-26-21-15(22)8-14(27(30)31)9-19(21)28(32)33/h8-12,23H,5-7H2,1-4H3,(H,24,29)/t12-/m1/s1. The van der Waals surface area contributed by atoms with Gasteiger partial charge in [-0.25, -0.2) is 0 Å². The Morgan fingerprint density at radius 3 is 2.41 bits per heavy atom. The number of nitrogens with one attached hydrogen (secondary N) is 2. The molecule has 0 spiro atoms. The highest BCUT2D eigenvalue weighted by Gasteiger charge is 2.24. The summed E-state index contributed by atoms with van der Waals surface area (Å²) in [6.45, 7) is 5.47. The van der Waals surface area contributed by atoms with Crippen LogP contribution in [0, 0.1) is 20.2 Å². The van der Waals surface area contributed by atoms with Gasteiger partial charge in [-0.3, -0.25) is 25.0 Å². The first-order valence-corrected chi connectivity index (χ1v) is 11.2. The molecule has 0 saturated carbocycles. The number of hydrogen-bond donors (Lipinski definition) is 2. The quantitative estimate of drug-likeness (QED) is 0.184. The molecule has 0 saturated heterocycles. The highest BCUT2D eigenvalue weighted by atomic mass is 79.9. The number of amides is 1. The van der Waals surface area contributed by atoms with Crippen molar-refractivity contribution in [3.63, 3.8) is 0 Å². The number of non-ortho nitro benzene ring substituents is 1. The van der Waals surface area contributed by atoms with Gasteiger partial charge in [0.15, 0.2) is 5.69 Å². The van der Waals surface area contributed by atoms with Gasteiger partial charge in [0, 0.05) is 25.1 Å². The summed E-state index contributed by atoms with van der Waals surface area (Å²) in [5, 5.41) is 36.6. The van der Waals surface area contributed by atoms with E-state index in [2.05, 4.69) is 43.7 Å². The highest BCUT2D eigenvalue weighted by molar-refractivity contribution is 9.10. The van der Waals surface area contributed by atoms with Gasteiger partial charge in [-0.2, -0.15) is 0 Å². The molecule has 13 heteroatoms.